The Hall–Kier alpha value is -0.267. The van der Waals surface area contributed by atoms with Crippen LogP contribution in [0, 0.1) is 20.8 Å². The molecule has 0 heterocycles. The average molecular weight is 570 g/mol. The zero-order valence-electron chi connectivity index (χ0n) is 21.8. The second kappa shape index (κ2) is 15.5. The van der Waals surface area contributed by atoms with Crippen molar-refractivity contribution in [1.29, 1.82) is 0 Å². The molecule has 182 valence electrons. The van der Waals surface area contributed by atoms with Crippen molar-refractivity contribution >= 4 is 35.2 Å². The van der Waals surface area contributed by atoms with Crippen molar-refractivity contribution in [3.63, 3.8) is 0 Å². The summed E-state index contributed by atoms with van der Waals surface area (Å²) in [5.74, 6) is -2.86. The number of carboxylic acids is 2. The molecular formula is C27H26K2NO6P. The first-order valence-electron chi connectivity index (χ1n) is 11.0. The van der Waals surface area contributed by atoms with Crippen molar-refractivity contribution in [3.8, 4) is 0 Å². The van der Waals surface area contributed by atoms with Crippen LogP contribution in [0.5, 0.6) is 0 Å². The van der Waals surface area contributed by atoms with Crippen LogP contribution in [0.1, 0.15) is 32.6 Å². The van der Waals surface area contributed by atoms with Crippen molar-refractivity contribution in [2.24, 2.45) is 0 Å². The minimum atomic E-state index is -3.77. The number of carbonyl (C=O) groups is 3. The van der Waals surface area contributed by atoms with Crippen LogP contribution in [-0.4, -0.2) is 35.5 Å². The number of nitrogens with zero attached hydrogens (tertiary/aromatic N) is 1. The van der Waals surface area contributed by atoms with Crippen molar-refractivity contribution in [2.75, 3.05) is 13.1 Å². The number of aryl methyl sites for hydroxylation is 2. The molecule has 0 fully saturated rings. The van der Waals surface area contributed by atoms with Crippen LogP contribution in [0.15, 0.2) is 66.7 Å². The Bertz CT molecular complexity index is 1260. The van der Waals surface area contributed by atoms with E-state index in [0.717, 1.165) is 10.5 Å². The van der Waals surface area contributed by atoms with Gasteiger partial charge in [0, 0.05) is 35.8 Å². The van der Waals surface area contributed by atoms with E-state index in [2.05, 4.69) is 0 Å². The normalized spacial score (nSPS) is 10.8. The third-order valence-corrected chi connectivity index (χ3v) is 8.80. The summed E-state index contributed by atoms with van der Waals surface area (Å²) >= 11 is 0. The number of carbonyl (C=O) groups excluding carboxylic acids is 3. The summed E-state index contributed by atoms with van der Waals surface area (Å²) in [7, 11) is -3.77. The van der Waals surface area contributed by atoms with Gasteiger partial charge in [-0.25, -0.2) is 0 Å². The van der Waals surface area contributed by atoms with Crippen molar-refractivity contribution in [1.82, 2.24) is 4.90 Å². The molecule has 3 aromatic carbocycles. The Morgan fingerprint density at radius 2 is 1.19 bits per heavy atom. The third-order valence-electron chi connectivity index (χ3n) is 5.96. The Kier molecular flexibility index (Phi) is 14.6. The minimum Gasteiger partial charge on any atom is -0.549 e. The largest absolute Gasteiger partial charge is 1.00 e. The van der Waals surface area contributed by atoms with Gasteiger partial charge in [0.15, 0.2) is 0 Å². The van der Waals surface area contributed by atoms with E-state index in [1.54, 1.807) is 87.5 Å². The first kappa shape index (κ1) is 34.8. The first-order chi connectivity index (χ1) is 16.6. The molecule has 3 aromatic rings. The van der Waals surface area contributed by atoms with Gasteiger partial charge in [-0.05, 0) is 43.0 Å². The molecule has 0 N–H and O–H groups in total. The number of carboxylic acid groups (broad SMARTS) is 2. The molecule has 0 saturated heterocycles. The topological polar surface area (TPSA) is 118 Å². The molecule has 0 saturated carbocycles. The van der Waals surface area contributed by atoms with Crippen LogP contribution in [0.3, 0.4) is 0 Å². The molecule has 0 bridgehead atoms. The molecule has 0 radical (unpaired) electrons. The van der Waals surface area contributed by atoms with Crippen molar-refractivity contribution in [2.45, 2.75) is 27.3 Å². The number of aliphatic carboxylic acids is 2. The van der Waals surface area contributed by atoms with Gasteiger partial charge in [0.25, 0.3) is 0 Å². The molecule has 0 aromatic heterocycles. The molecule has 0 aliphatic carbocycles. The first-order valence-corrected chi connectivity index (χ1v) is 12.7. The van der Waals surface area contributed by atoms with E-state index < -0.39 is 37.7 Å². The van der Waals surface area contributed by atoms with Crippen LogP contribution < -0.4 is 124 Å². The number of rotatable bonds is 10. The summed E-state index contributed by atoms with van der Waals surface area (Å²) in [6.45, 7) is 3.98. The fraction of sp³-hybridized carbons (Fsp3) is 0.222. The molecule has 3 rings (SSSR count). The van der Waals surface area contributed by atoms with E-state index in [4.69, 9.17) is 0 Å². The van der Waals surface area contributed by atoms with Gasteiger partial charge in [0.05, 0.1) is 11.9 Å². The van der Waals surface area contributed by atoms with E-state index in [1.807, 2.05) is 0 Å². The summed E-state index contributed by atoms with van der Waals surface area (Å²) in [5, 5.41) is 23.2. The molecular weight excluding hydrogens is 543 g/mol. The van der Waals surface area contributed by atoms with Crippen LogP contribution >= 0.6 is 7.14 Å². The zero-order chi connectivity index (χ0) is 25.8. The molecule has 0 aliphatic heterocycles. The quantitative estimate of drug-likeness (QED) is 0.177. The Balaban J connectivity index is 0.00000342. The summed E-state index contributed by atoms with van der Waals surface area (Å²) in [6.07, 6.45) is 0. The number of hydrogen-bond donors (Lipinski definition) is 0. The molecule has 7 nitrogen and oxygen atoms in total. The molecule has 37 heavy (non-hydrogen) atoms. The maximum absolute atomic E-state index is 14.6. The van der Waals surface area contributed by atoms with Crippen LogP contribution in [0.4, 0.5) is 0 Å². The van der Waals surface area contributed by atoms with E-state index in [9.17, 15) is 29.2 Å². The van der Waals surface area contributed by atoms with Gasteiger partial charge in [0.1, 0.15) is 0 Å². The van der Waals surface area contributed by atoms with Gasteiger partial charge in [-0.15, -0.1) is 0 Å². The van der Waals surface area contributed by atoms with Gasteiger partial charge < -0.3 is 24.4 Å². The second-order valence-corrected chi connectivity index (χ2v) is 11.1. The van der Waals surface area contributed by atoms with E-state index in [0.29, 0.717) is 27.3 Å². The van der Waals surface area contributed by atoms with Gasteiger partial charge >= 0.3 is 103 Å². The summed E-state index contributed by atoms with van der Waals surface area (Å²) in [5.41, 5.74) is 2.26. The third kappa shape index (κ3) is 8.36. The summed E-state index contributed by atoms with van der Waals surface area (Å²) in [4.78, 5) is 37.6. The van der Waals surface area contributed by atoms with Crippen LogP contribution in [0.25, 0.3) is 0 Å². The minimum absolute atomic E-state index is 0. The molecule has 0 atom stereocenters. The summed E-state index contributed by atoms with van der Waals surface area (Å²) in [6, 6.07) is 19.0. The van der Waals surface area contributed by atoms with Gasteiger partial charge in [-0.1, -0.05) is 66.7 Å². The Morgan fingerprint density at radius 3 is 1.59 bits per heavy atom. The second-order valence-electron chi connectivity index (χ2n) is 8.46. The SMILES string of the molecule is Cc1cc(C)c(C(=O)P(=O)(c2ccccc2)c2ccccc2)c(C)c1CN(CC(=O)[O-])CC(=O)[O-].[K+].[K+]. The number of hydrogen-bond acceptors (Lipinski definition) is 7. The summed E-state index contributed by atoms with van der Waals surface area (Å²) < 4.78 is 14.6. The fourth-order valence-electron chi connectivity index (χ4n) is 4.37. The maximum atomic E-state index is 14.6. The predicted molar refractivity (Wildman–Crippen MR) is 130 cm³/mol. The average Bonchev–Trinajstić information content (AvgIpc) is 2.81. The Morgan fingerprint density at radius 1 is 0.757 bits per heavy atom. The van der Waals surface area contributed by atoms with Crippen LogP contribution in [-0.2, 0) is 20.7 Å². The molecule has 0 amide bonds. The standard InChI is InChI=1S/C27H28NO6P.2K/c1-18-14-19(2)26(20(3)23(18)15-28(16-24(29)30)17-25(31)32)27(33)35(34,21-10-6-4-7-11-21)22-12-8-5-9-13-22;;/h4-14H,15-17H2,1-3H3,(H,29,30)(H,31,32);;/q;2*+1/p-2. The van der Waals surface area contributed by atoms with Crippen LogP contribution in [0.2, 0.25) is 0 Å². The fourth-order valence-corrected chi connectivity index (χ4v) is 6.98. The van der Waals surface area contributed by atoms with Crippen molar-refractivity contribution < 1.29 is 132 Å². The van der Waals surface area contributed by atoms with E-state index >= 15 is 0 Å². The molecule has 0 aliphatic rings. The molecule has 0 spiro atoms. The molecule has 10 heteroatoms. The smallest absolute Gasteiger partial charge is 0.549 e. The van der Waals surface area contributed by atoms with E-state index in [-0.39, 0.29) is 115 Å². The van der Waals surface area contributed by atoms with Gasteiger partial charge in [-0.2, -0.15) is 0 Å². The van der Waals surface area contributed by atoms with Gasteiger partial charge in [-0.3, -0.25) is 9.69 Å². The Labute approximate surface area is 302 Å². The number of benzene rings is 3. The maximum Gasteiger partial charge on any atom is 1.00 e. The zero-order valence-corrected chi connectivity index (χ0v) is 29.0. The van der Waals surface area contributed by atoms with Gasteiger partial charge in [0.2, 0.25) is 12.7 Å². The predicted octanol–water partition coefficient (Wildman–Crippen LogP) is -4.92. The monoisotopic (exact) mass is 569 g/mol. The van der Waals surface area contributed by atoms with E-state index in [1.165, 1.54) is 0 Å². The molecule has 0 unspecified atom stereocenters. The van der Waals surface area contributed by atoms with Crippen molar-refractivity contribution in [3.05, 3.63) is 94.5 Å².